The first-order chi connectivity index (χ1) is 11.2. The number of carbonyl (C=O) groups is 1. The lowest BCUT2D eigenvalue weighted by Crippen LogP contribution is -2.15. The Kier molecular flexibility index (Phi) is 4.14. The van der Waals surface area contributed by atoms with E-state index in [1.807, 2.05) is 24.3 Å². The number of nitrogens with zero attached hydrogens (tertiary/aromatic N) is 1. The van der Waals surface area contributed by atoms with Gasteiger partial charge in [-0.3, -0.25) is 4.79 Å². The smallest absolute Gasteiger partial charge is 0.230 e. The van der Waals surface area contributed by atoms with Gasteiger partial charge >= 0.3 is 0 Å². The van der Waals surface area contributed by atoms with Crippen LogP contribution in [0.5, 0.6) is 11.5 Å². The molecule has 118 valence electrons. The van der Waals surface area contributed by atoms with Crippen molar-refractivity contribution in [2.24, 2.45) is 0 Å². The molecule has 0 bridgehead atoms. The van der Waals surface area contributed by atoms with Gasteiger partial charge in [-0.05, 0) is 24.3 Å². The van der Waals surface area contributed by atoms with Crippen LogP contribution in [-0.2, 0) is 11.2 Å². The molecule has 0 saturated heterocycles. The second-order valence-electron chi connectivity index (χ2n) is 4.92. The van der Waals surface area contributed by atoms with Crippen LogP contribution < -0.4 is 14.8 Å². The third kappa shape index (κ3) is 3.11. The van der Waals surface area contributed by atoms with E-state index in [9.17, 15) is 4.79 Å². The highest BCUT2D eigenvalue weighted by Crippen LogP contribution is 2.29. The lowest BCUT2D eigenvalue weighted by atomic mass is 10.1. The second-order valence-corrected chi connectivity index (χ2v) is 4.92. The van der Waals surface area contributed by atoms with E-state index >= 15 is 0 Å². The molecule has 0 unspecified atom stereocenters. The number of nitrogens with one attached hydrogen (secondary N) is 1. The number of para-hydroxylation sites is 1. The van der Waals surface area contributed by atoms with Crippen molar-refractivity contribution in [2.45, 2.75) is 6.42 Å². The molecule has 0 aliphatic carbocycles. The fourth-order valence-electron chi connectivity index (χ4n) is 2.32. The Morgan fingerprint density at radius 3 is 2.78 bits per heavy atom. The molecule has 0 aliphatic heterocycles. The number of hydrogen-bond acceptors (Lipinski definition) is 5. The average molecular weight is 312 g/mol. The topological polar surface area (TPSA) is 73.6 Å². The Bertz CT molecular complexity index is 841. The van der Waals surface area contributed by atoms with Gasteiger partial charge in [0.25, 0.3) is 0 Å². The maximum absolute atomic E-state index is 12.3. The Morgan fingerprint density at radius 2 is 2.00 bits per heavy atom. The minimum atomic E-state index is -0.212. The molecule has 3 rings (SSSR count). The highest BCUT2D eigenvalue weighted by molar-refractivity contribution is 5.96. The first-order valence-electron chi connectivity index (χ1n) is 7.06. The van der Waals surface area contributed by atoms with Crippen LogP contribution in [0.2, 0.25) is 0 Å². The number of benzene rings is 2. The van der Waals surface area contributed by atoms with E-state index in [1.54, 1.807) is 32.4 Å². The van der Waals surface area contributed by atoms with Gasteiger partial charge in [0, 0.05) is 11.5 Å². The number of rotatable bonds is 5. The normalized spacial score (nSPS) is 10.5. The number of carbonyl (C=O) groups excluding carboxylic acids is 1. The molecule has 0 aliphatic rings. The standard InChI is InChI=1S/C17H16N2O4/c1-21-11-7-8-16(22-2)14(9-11)18-17(20)10-13-12-5-3-4-6-15(12)23-19-13/h3-9H,10H2,1-2H3,(H,18,20). The summed E-state index contributed by atoms with van der Waals surface area (Å²) in [4.78, 5) is 12.3. The Hall–Kier alpha value is -3.02. The highest BCUT2D eigenvalue weighted by atomic mass is 16.5. The predicted octanol–water partition coefficient (Wildman–Crippen LogP) is 3.03. The fraction of sp³-hybridized carbons (Fsp3) is 0.176. The van der Waals surface area contributed by atoms with E-state index in [2.05, 4.69) is 10.5 Å². The van der Waals surface area contributed by atoms with Gasteiger partial charge in [0.1, 0.15) is 17.2 Å². The molecule has 1 aromatic heterocycles. The number of aromatic nitrogens is 1. The highest BCUT2D eigenvalue weighted by Gasteiger charge is 2.14. The van der Waals surface area contributed by atoms with Crippen LogP contribution in [0.4, 0.5) is 5.69 Å². The van der Waals surface area contributed by atoms with Crippen molar-refractivity contribution >= 4 is 22.6 Å². The van der Waals surface area contributed by atoms with E-state index in [-0.39, 0.29) is 12.3 Å². The quantitative estimate of drug-likeness (QED) is 0.784. The zero-order valence-electron chi connectivity index (χ0n) is 12.8. The van der Waals surface area contributed by atoms with E-state index in [1.165, 1.54) is 0 Å². The molecule has 1 amide bonds. The van der Waals surface area contributed by atoms with Gasteiger partial charge in [-0.25, -0.2) is 0 Å². The number of anilines is 1. The van der Waals surface area contributed by atoms with E-state index in [4.69, 9.17) is 14.0 Å². The molecule has 3 aromatic rings. The Balaban J connectivity index is 1.79. The molecule has 0 fully saturated rings. The van der Waals surface area contributed by atoms with Crippen LogP contribution in [0.3, 0.4) is 0 Å². The summed E-state index contributed by atoms with van der Waals surface area (Å²) in [5.41, 5.74) is 1.80. The third-order valence-corrected chi connectivity index (χ3v) is 3.46. The SMILES string of the molecule is COc1ccc(OC)c(NC(=O)Cc2noc3ccccc23)c1. The lowest BCUT2D eigenvalue weighted by Gasteiger charge is -2.11. The number of ether oxygens (including phenoxy) is 2. The number of fused-ring (bicyclic) bond motifs is 1. The molecule has 1 N–H and O–H groups in total. The molecule has 2 aromatic carbocycles. The van der Waals surface area contributed by atoms with Gasteiger partial charge in [0.15, 0.2) is 5.58 Å². The van der Waals surface area contributed by atoms with Gasteiger partial charge < -0.3 is 19.3 Å². The molecule has 0 radical (unpaired) electrons. The summed E-state index contributed by atoms with van der Waals surface area (Å²) in [6.07, 6.45) is 0.109. The molecule has 0 atom stereocenters. The minimum absolute atomic E-state index is 0.109. The fourth-order valence-corrected chi connectivity index (χ4v) is 2.32. The summed E-state index contributed by atoms with van der Waals surface area (Å²) in [6.45, 7) is 0. The minimum Gasteiger partial charge on any atom is -0.497 e. The number of hydrogen-bond donors (Lipinski definition) is 1. The van der Waals surface area contributed by atoms with Crippen LogP contribution in [0.1, 0.15) is 5.69 Å². The molecule has 0 spiro atoms. The Labute approximate surface area is 133 Å². The summed E-state index contributed by atoms with van der Waals surface area (Å²) < 4.78 is 15.6. The number of amides is 1. The van der Waals surface area contributed by atoms with E-state index in [0.29, 0.717) is 28.5 Å². The van der Waals surface area contributed by atoms with Crippen molar-refractivity contribution in [3.05, 3.63) is 48.2 Å². The molecular formula is C17H16N2O4. The molecule has 6 nitrogen and oxygen atoms in total. The monoisotopic (exact) mass is 312 g/mol. The van der Waals surface area contributed by atoms with Crippen molar-refractivity contribution in [1.82, 2.24) is 5.16 Å². The summed E-state index contributed by atoms with van der Waals surface area (Å²) in [6, 6.07) is 12.6. The molecule has 6 heteroatoms. The van der Waals surface area contributed by atoms with E-state index < -0.39 is 0 Å². The van der Waals surface area contributed by atoms with Crippen molar-refractivity contribution < 1.29 is 18.8 Å². The van der Waals surface area contributed by atoms with Gasteiger partial charge in [-0.1, -0.05) is 17.3 Å². The summed E-state index contributed by atoms with van der Waals surface area (Å²) in [5.74, 6) is 0.979. The van der Waals surface area contributed by atoms with Gasteiger partial charge in [0.05, 0.1) is 26.3 Å². The lowest BCUT2D eigenvalue weighted by molar-refractivity contribution is -0.115. The van der Waals surface area contributed by atoms with Crippen molar-refractivity contribution in [2.75, 3.05) is 19.5 Å². The maximum atomic E-state index is 12.3. The predicted molar refractivity (Wildman–Crippen MR) is 85.9 cm³/mol. The zero-order chi connectivity index (χ0) is 16.2. The largest absolute Gasteiger partial charge is 0.497 e. The summed E-state index contributed by atoms with van der Waals surface area (Å²) >= 11 is 0. The van der Waals surface area contributed by atoms with Crippen LogP contribution >= 0.6 is 0 Å². The second kappa shape index (κ2) is 6.39. The molecule has 0 saturated carbocycles. The van der Waals surface area contributed by atoms with Gasteiger partial charge in [-0.15, -0.1) is 0 Å². The van der Waals surface area contributed by atoms with E-state index in [0.717, 1.165) is 5.39 Å². The van der Waals surface area contributed by atoms with Crippen molar-refractivity contribution in [1.29, 1.82) is 0 Å². The molecular weight excluding hydrogens is 296 g/mol. The first-order valence-corrected chi connectivity index (χ1v) is 7.06. The van der Waals surface area contributed by atoms with Crippen LogP contribution in [-0.4, -0.2) is 25.3 Å². The average Bonchev–Trinajstić information content (AvgIpc) is 2.98. The van der Waals surface area contributed by atoms with Crippen LogP contribution in [0, 0.1) is 0 Å². The maximum Gasteiger partial charge on any atom is 0.230 e. The van der Waals surface area contributed by atoms with Crippen molar-refractivity contribution in [3.8, 4) is 11.5 Å². The molecule has 23 heavy (non-hydrogen) atoms. The van der Waals surface area contributed by atoms with Crippen molar-refractivity contribution in [3.63, 3.8) is 0 Å². The van der Waals surface area contributed by atoms with Gasteiger partial charge in [-0.2, -0.15) is 0 Å². The summed E-state index contributed by atoms with van der Waals surface area (Å²) in [7, 11) is 3.11. The Morgan fingerprint density at radius 1 is 1.17 bits per heavy atom. The number of methoxy groups -OCH3 is 2. The van der Waals surface area contributed by atoms with Crippen LogP contribution in [0.15, 0.2) is 47.0 Å². The third-order valence-electron chi connectivity index (χ3n) is 3.46. The summed E-state index contributed by atoms with van der Waals surface area (Å²) in [5, 5.41) is 7.61. The first kappa shape index (κ1) is 14.9. The zero-order valence-corrected chi connectivity index (χ0v) is 12.8. The molecule has 1 heterocycles. The van der Waals surface area contributed by atoms with Gasteiger partial charge in [0.2, 0.25) is 5.91 Å². The van der Waals surface area contributed by atoms with Crippen LogP contribution in [0.25, 0.3) is 11.0 Å².